The number of nitrogens with two attached hydrogens (primary N) is 1. The van der Waals surface area contributed by atoms with Crippen LogP contribution in [0.2, 0.25) is 0 Å². The minimum absolute atomic E-state index is 0.144. The molecule has 2 fully saturated rings. The molecule has 1 saturated carbocycles. The summed E-state index contributed by atoms with van der Waals surface area (Å²) in [6.07, 6.45) is 3.50. The predicted octanol–water partition coefficient (Wildman–Crippen LogP) is 1.89. The van der Waals surface area contributed by atoms with Gasteiger partial charge in [0.25, 0.3) is 0 Å². The molecule has 1 aliphatic heterocycles. The standard InChI is InChI=1S/C14H26N2O3/c1-14(2,3)19-13(17)16(12-6-7-18-9-12)11-5-4-10(15)8-11/h10-12H,4-9,15H2,1-3H3. The summed E-state index contributed by atoms with van der Waals surface area (Å²) in [6, 6.07) is 0.555. The molecule has 19 heavy (non-hydrogen) atoms. The van der Waals surface area contributed by atoms with Crippen LogP contribution in [0.1, 0.15) is 46.5 Å². The molecule has 5 nitrogen and oxygen atoms in total. The van der Waals surface area contributed by atoms with Crippen molar-refractivity contribution in [2.45, 2.75) is 70.2 Å². The monoisotopic (exact) mass is 270 g/mol. The third kappa shape index (κ3) is 3.83. The van der Waals surface area contributed by atoms with Crippen LogP contribution in [0.3, 0.4) is 0 Å². The smallest absolute Gasteiger partial charge is 0.410 e. The highest BCUT2D eigenvalue weighted by molar-refractivity contribution is 5.69. The molecule has 2 aliphatic rings. The predicted molar refractivity (Wildman–Crippen MR) is 72.9 cm³/mol. The number of ether oxygens (including phenoxy) is 2. The Hall–Kier alpha value is -0.810. The summed E-state index contributed by atoms with van der Waals surface area (Å²) in [5.74, 6) is 0. The maximum absolute atomic E-state index is 12.4. The van der Waals surface area contributed by atoms with Crippen LogP contribution >= 0.6 is 0 Å². The van der Waals surface area contributed by atoms with Gasteiger partial charge in [-0.1, -0.05) is 0 Å². The second-order valence-electron chi connectivity index (χ2n) is 6.63. The van der Waals surface area contributed by atoms with E-state index in [1.807, 2.05) is 25.7 Å². The number of amides is 1. The fraction of sp³-hybridized carbons (Fsp3) is 0.929. The molecule has 0 radical (unpaired) electrons. The quantitative estimate of drug-likeness (QED) is 0.832. The van der Waals surface area contributed by atoms with Crippen LogP contribution in [-0.4, -0.2) is 47.9 Å². The van der Waals surface area contributed by atoms with Gasteiger partial charge in [0, 0.05) is 18.7 Å². The summed E-state index contributed by atoms with van der Waals surface area (Å²) < 4.78 is 11.0. The Kier molecular flexibility index (Phi) is 4.36. The van der Waals surface area contributed by atoms with Gasteiger partial charge in [0.05, 0.1) is 12.6 Å². The minimum atomic E-state index is -0.463. The number of carbonyl (C=O) groups excluding carboxylic acids is 1. The van der Waals surface area contributed by atoms with E-state index in [1.165, 1.54) is 0 Å². The van der Waals surface area contributed by atoms with Crippen molar-refractivity contribution in [2.75, 3.05) is 13.2 Å². The highest BCUT2D eigenvalue weighted by Crippen LogP contribution is 2.28. The molecule has 5 heteroatoms. The fourth-order valence-electron chi connectivity index (χ4n) is 2.90. The minimum Gasteiger partial charge on any atom is -0.444 e. The summed E-state index contributed by atoms with van der Waals surface area (Å²) in [7, 11) is 0. The molecule has 0 aromatic carbocycles. The number of rotatable bonds is 2. The second-order valence-corrected chi connectivity index (χ2v) is 6.63. The highest BCUT2D eigenvalue weighted by atomic mass is 16.6. The first-order valence-electron chi connectivity index (χ1n) is 7.21. The van der Waals surface area contributed by atoms with Gasteiger partial charge >= 0.3 is 6.09 Å². The molecule has 1 heterocycles. The third-order valence-corrected chi connectivity index (χ3v) is 3.74. The van der Waals surface area contributed by atoms with Crippen LogP contribution in [-0.2, 0) is 9.47 Å². The number of hydrogen-bond donors (Lipinski definition) is 1. The van der Waals surface area contributed by atoms with Gasteiger partial charge in [-0.2, -0.15) is 0 Å². The average Bonchev–Trinajstić information content (AvgIpc) is 2.88. The van der Waals surface area contributed by atoms with Crippen LogP contribution in [0.25, 0.3) is 0 Å². The van der Waals surface area contributed by atoms with Crippen molar-refractivity contribution in [3.8, 4) is 0 Å². The van der Waals surface area contributed by atoms with E-state index in [4.69, 9.17) is 15.2 Å². The summed E-state index contributed by atoms with van der Waals surface area (Å²) in [5.41, 5.74) is 5.52. The number of hydrogen-bond acceptors (Lipinski definition) is 4. The Morgan fingerprint density at radius 2 is 2.00 bits per heavy atom. The van der Waals surface area contributed by atoms with Gasteiger partial charge in [0.1, 0.15) is 5.60 Å². The maximum atomic E-state index is 12.4. The molecule has 0 aromatic heterocycles. The fourth-order valence-corrected chi connectivity index (χ4v) is 2.90. The SMILES string of the molecule is CC(C)(C)OC(=O)N(C1CCOC1)C1CCC(N)C1. The molecular weight excluding hydrogens is 244 g/mol. The van der Waals surface area contributed by atoms with E-state index in [0.29, 0.717) is 6.61 Å². The lowest BCUT2D eigenvalue weighted by atomic mass is 10.1. The molecular formula is C14H26N2O3. The summed E-state index contributed by atoms with van der Waals surface area (Å²) in [4.78, 5) is 14.3. The molecule has 0 bridgehead atoms. The van der Waals surface area contributed by atoms with Crippen LogP contribution in [0, 0.1) is 0 Å². The van der Waals surface area contributed by atoms with Gasteiger partial charge in [0.2, 0.25) is 0 Å². The summed E-state index contributed by atoms with van der Waals surface area (Å²) in [6.45, 7) is 7.03. The van der Waals surface area contributed by atoms with Crippen LogP contribution < -0.4 is 5.73 Å². The van der Waals surface area contributed by atoms with E-state index in [0.717, 1.165) is 32.3 Å². The molecule has 2 rings (SSSR count). The first-order chi connectivity index (χ1) is 8.87. The summed E-state index contributed by atoms with van der Waals surface area (Å²) in [5, 5.41) is 0. The van der Waals surface area contributed by atoms with Crippen molar-refractivity contribution in [3.63, 3.8) is 0 Å². The topological polar surface area (TPSA) is 64.8 Å². The third-order valence-electron chi connectivity index (χ3n) is 3.74. The Balaban J connectivity index is 2.07. The van der Waals surface area contributed by atoms with E-state index in [-0.39, 0.29) is 24.2 Å². The van der Waals surface area contributed by atoms with Gasteiger partial charge in [0.15, 0.2) is 0 Å². The lowest BCUT2D eigenvalue weighted by molar-refractivity contribution is 0.00384. The van der Waals surface area contributed by atoms with Crippen molar-refractivity contribution in [3.05, 3.63) is 0 Å². The lowest BCUT2D eigenvalue weighted by Gasteiger charge is -2.35. The first kappa shape index (κ1) is 14.6. The van der Waals surface area contributed by atoms with E-state index < -0.39 is 5.60 Å². The van der Waals surface area contributed by atoms with Crippen LogP contribution in [0.15, 0.2) is 0 Å². The van der Waals surface area contributed by atoms with Gasteiger partial charge < -0.3 is 15.2 Å². The molecule has 0 aromatic rings. The van der Waals surface area contributed by atoms with Gasteiger partial charge in [-0.15, -0.1) is 0 Å². The first-order valence-corrected chi connectivity index (χ1v) is 7.21. The Morgan fingerprint density at radius 3 is 2.47 bits per heavy atom. The Labute approximate surface area is 115 Å². The van der Waals surface area contributed by atoms with E-state index in [9.17, 15) is 4.79 Å². The molecule has 110 valence electrons. The molecule has 2 N–H and O–H groups in total. The largest absolute Gasteiger partial charge is 0.444 e. The van der Waals surface area contributed by atoms with Crippen molar-refractivity contribution < 1.29 is 14.3 Å². The van der Waals surface area contributed by atoms with Crippen molar-refractivity contribution in [1.29, 1.82) is 0 Å². The molecule has 3 unspecified atom stereocenters. The van der Waals surface area contributed by atoms with Crippen LogP contribution in [0.4, 0.5) is 4.79 Å². The van der Waals surface area contributed by atoms with Gasteiger partial charge in [-0.3, -0.25) is 4.90 Å². The zero-order valence-electron chi connectivity index (χ0n) is 12.2. The number of carbonyl (C=O) groups is 1. The van der Waals surface area contributed by atoms with Gasteiger partial charge in [-0.25, -0.2) is 4.79 Å². The van der Waals surface area contributed by atoms with Crippen molar-refractivity contribution in [1.82, 2.24) is 4.90 Å². The molecule has 1 saturated heterocycles. The zero-order chi connectivity index (χ0) is 14.0. The molecule has 1 aliphatic carbocycles. The van der Waals surface area contributed by atoms with Crippen molar-refractivity contribution in [2.24, 2.45) is 5.73 Å². The Morgan fingerprint density at radius 1 is 1.26 bits per heavy atom. The number of nitrogens with zero attached hydrogens (tertiary/aromatic N) is 1. The maximum Gasteiger partial charge on any atom is 0.410 e. The van der Waals surface area contributed by atoms with Gasteiger partial charge in [-0.05, 0) is 46.5 Å². The van der Waals surface area contributed by atoms with E-state index in [1.54, 1.807) is 0 Å². The molecule has 0 spiro atoms. The Bertz CT molecular complexity index is 321. The summed E-state index contributed by atoms with van der Waals surface area (Å²) >= 11 is 0. The second kappa shape index (κ2) is 5.67. The highest BCUT2D eigenvalue weighted by Gasteiger charge is 2.38. The average molecular weight is 270 g/mol. The zero-order valence-corrected chi connectivity index (χ0v) is 12.2. The van der Waals surface area contributed by atoms with Crippen LogP contribution in [0.5, 0.6) is 0 Å². The molecule has 1 amide bonds. The van der Waals surface area contributed by atoms with E-state index in [2.05, 4.69) is 0 Å². The van der Waals surface area contributed by atoms with E-state index >= 15 is 0 Å². The molecule has 3 atom stereocenters. The lowest BCUT2D eigenvalue weighted by Crippen LogP contribution is -2.49. The van der Waals surface area contributed by atoms with Crippen molar-refractivity contribution >= 4 is 6.09 Å². The normalized spacial score (nSPS) is 31.5.